The number of rotatable bonds is 10. The highest BCUT2D eigenvalue weighted by Gasteiger charge is 2.18. The van der Waals surface area contributed by atoms with E-state index in [-0.39, 0.29) is 19.0 Å². The molecule has 0 aliphatic heterocycles. The van der Waals surface area contributed by atoms with Gasteiger partial charge in [-0.3, -0.25) is 14.4 Å². The van der Waals surface area contributed by atoms with Crippen LogP contribution in [0.1, 0.15) is 11.8 Å². The summed E-state index contributed by atoms with van der Waals surface area (Å²) in [6, 6.07) is 5.50. The number of amides is 2. The fourth-order valence-electron chi connectivity index (χ4n) is 2.24. The van der Waals surface area contributed by atoms with Crippen molar-refractivity contribution in [1.82, 2.24) is 20.2 Å². The van der Waals surface area contributed by atoms with Gasteiger partial charge in [-0.25, -0.2) is 9.97 Å². The number of likely N-dealkylation sites (N-methyl/N-ethyl adjacent to an activating group) is 2. The topological polar surface area (TPSA) is 105 Å². The SMILES string of the molecule is CCN(CC(=O)NCc1cccs1)C(=O)COC(=O)CN(C)c1ncccn1. The van der Waals surface area contributed by atoms with Gasteiger partial charge in [0.1, 0.15) is 6.54 Å². The van der Waals surface area contributed by atoms with E-state index in [2.05, 4.69) is 15.3 Å². The summed E-state index contributed by atoms with van der Waals surface area (Å²) in [4.78, 5) is 48.1. The summed E-state index contributed by atoms with van der Waals surface area (Å²) < 4.78 is 5.02. The van der Waals surface area contributed by atoms with E-state index in [0.29, 0.717) is 19.0 Å². The minimum atomic E-state index is -0.582. The monoisotopic (exact) mass is 405 g/mol. The van der Waals surface area contributed by atoms with Crippen LogP contribution in [0.3, 0.4) is 0 Å². The predicted octanol–water partition coefficient (Wildman–Crippen LogP) is 0.682. The molecular weight excluding hydrogens is 382 g/mol. The highest BCUT2D eigenvalue weighted by atomic mass is 32.1. The molecule has 0 bridgehead atoms. The van der Waals surface area contributed by atoms with Gasteiger partial charge in [-0.2, -0.15) is 0 Å². The van der Waals surface area contributed by atoms with Crippen molar-refractivity contribution in [2.45, 2.75) is 13.5 Å². The highest BCUT2D eigenvalue weighted by Crippen LogP contribution is 2.07. The lowest BCUT2D eigenvalue weighted by atomic mass is 10.4. The molecule has 0 radical (unpaired) electrons. The van der Waals surface area contributed by atoms with Crippen LogP contribution in [0, 0.1) is 0 Å². The van der Waals surface area contributed by atoms with Gasteiger partial charge < -0.3 is 19.9 Å². The second-order valence-electron chi connectivity index (χ2n) is 5.83. The number of hydrogen-bond acceptors (Lipinski definition) is 8. The predicted molar refractivity (Wildman–Crippen MR) is 105 cm³/mol. The number of anilines is 1. The van der Waals surface area contributed by atoms with E-state index >= 15 is 0 Å². The van der Waals surface area contributed by atoms with E-state index in [1.165, 1.54) is 9.80 Å². The fraction of sp³-hybridized carbons (Fsp3) is 0.389. The molecule has 0 unspecified atom stereocenters. The zero-order chi connectivity index (χ0) is 20.4. The van der Waals surface area contributed by atoms with E-state index in [1.54, 1.807) is 43.8 Å². The molecule has 2 heterocycles. The molecule has 0 aliphatic rings. The molecule has 0 aromatic carbocycles. The lowest BCUT2D eigenvalue weighted by molar-refractivity contribution is -0.151. The first kappa shape index (κ1) is 21.3. The molecule has 0 atom stereocenters. The van der Waals surface area contributed by atoms with Gasteiger partial charge in [-0.05, 0) is 24.4 Å². The molecule has 2 aromatic rings. The summed E-state index contributed by atoms with van der Waals surface area (Å²) in [5, 5.41) is 4.69. The molecule has 10 heteroatoms. The molecule has 2 aromatic heterocycles. The number of ether oxygens (including phenoxy) is 1. The standard InChI is InChI=1S/C18H23N5O4S/c1-3-23(11-15(24)21-10-14-6-4-9-28-14)16(25)13-27-17(26)12-22(2)18-19-7-5-8-20-18/h4-9H,3,10-13H2,1-2H3,(H,21,24). The van der Waals surface area contributed by atoms with Gasteiger partial charge >= 0.3 is 5.97 Å². The number of aromatic nitrogens is 2. The molecular formula is C18H23N5O4S. The number of carbonyl (C=O) groups excluding carboxylic acids is 3. The van der Waals surface area contributed by atoms with Crippen LogP contribution in [0.25, 0.3) is 0 Å². The van der Waals surface area contributed by atoms with Crippen molar-refractivity contribution < 1.29 is 19.1 Å². The molecule has 28 heavy (non-hydrogen) atoms. The van der Waals surface area contributed by atoms with E-state index in [0.717, 1.165) is 4.88 Å². The molecule has 0 fully saturated rings. The maximum absolute atomic E-state index is 12.2. The van der Waals surface area contributed by atoms with Crippen molar-refractivity contribution in [3.05, 3.63) is 40.8 Å². The lowest BCUT2D eigenvalue weighted by Crippen LogP contribution is -2.42. The van der Waals surface area contributed by atoms with Crippen molar-refractivity contribution in [3.63, 3.8) is 0 Å². The first-order valence-corrected chi connectivity index (χ1v) is 9.58. The molecule has 2 rings (SSSR count). The highest BCUT2D eigenvalue weighted by molar-refractivity contribution is 7.09. The number of thiophene rings is 1. The molecule has 150 valence electrons. The Morgan fingerprint density at radius 1 is 1.18 bits per heavy atom. The Kier molecular flexibility index (Phi) is 8.35. The lowest BCUT2D eigenvalue weighted by Gasteiger charge is -2.21. The van der Waals surface area contributed by atoms with Gasteiger partial charge in [0, 0.05) is 30.9 Å². The zero-order valence-electron chi connectivity index (χ0n) is 15.8. The molecule has 2 amide bonds. The summed E-state index contributed by atoms with van der Waals surface area (Å²) in [7, 11) is 1.65. The van der Waals surface area contributed by atoms with Gasteiger partial charge in [-0.1, -0.05) is 6.07 Å². The second kappa shape index (κ2) is 11.0. The van der Waals surface area contributed by atoms with Crippen LogP contribution >= 0.6 is 11.3 Å². The fourth-order valence-corrected chi connectivity index (χ4v) is 2.88. The molecule has 0 spiro atoms. The summed E-state index contributed by atoms with van der Waals surface area (Å²) >= 11 is 1.54. The minimum Gasteiger partial charge on any atom is -0.454 e. The van der Waals surface area contributed by atoms with Crippen LogP contribution in [-0.4, -0.2) is 65.9 Å². The maximum Gasteiger partial charge on any atom is 0.326 e. The Hall–Kier alpha value is -3.01. The Morgan fingerprint density at radius 3 is 2.57 bits per heavy atom. The van der Waals surface area contributed by atoms with Crippen molar-refractivity contribution >= 4 is 35.1 Å². The summed E-state index contributed by atoms with van der Waals surface area (Å²) in [6.07, 6.45) is 3.13. The Bertz CT molecular complexity index is 770. The third-order valence-electron chi connectivity index (χ3n) is 3.73. The number of hydrogen-bond donors (Lipinski definition) is 1. The van der Waals surface area contributed by atoms with Gasteiger partial charge in [0.2, 0.25) is 11.9 Å². The van der Waals surface area contributed by atoms with Gasteiger partial charge in [0.05, 0.1) is 13.1 Å². The van der Waals surface area contributed by atoms with Gasteiger partial charge in [0.25, 0.3) is 5.91 Å². The van der Waals surface area contributed by atoms with Crippen LogP contribution in [0.2, 0.25) is 0 Å². The van der Waals surface area contributed by atoms with Gasteiger partial charge in [-0.15, -0.1) is 11.3 Å². The van der Waals surface area contributed by atoms with Gasteiger partial charge in [0.15, 0.2) is 6.61 Å². The van der Waals surface area contributed by atoms with Crippen LogP contribution in [0.4, 0.5) is 5.95 Å². The largest absolute Gasteiger partial charge is 0.454 e. The Labute approximate surface area is 167 Å². The van der Waals surface area contributed by atoms with Crippen molar-refractivity contribution in [2.75, 3.05) is 38.2 Å². The van der Waals surface area contributed by atoms with Crippen molar-refractivity contribution in [3.8, 4) is 0 Å². The van der Waals surface area contributed by atoms with Crippen LogP contribution < -0.4 is 10.2 Å². The number of nitrogens with one attached hydrogen (secondary N) is 1. The Balaban J connectivity index is 1.73. The normalized spacial score (nSPS) is 10.2. The van der Waals surface area contributed by atoms with E-state index in [9.17, 15) is 14.4 Å². The average molecular weight is 405 g/mol. The van der Waals surface area contributed by atoms with Crippen molar-refractivity contribution in [2.24, 2.45) is 0 Å². The molecule has 0 aliphatic carbocycles. The third kappa shape index (κ3) is 6.95. The van der Waals surface area contributed by atoms with Crippen LogP contribution in [0.15, 0.2) is 36.0 Å². The zero-order valence-corrected chi connectivity index (χ0v) is 16.6. The summed E-state index contributed by atoms with van der Waals surface area (Å²) in [5.74, 6) is -0.901. The molecule has 0 saturated heterocycles. The maximum atomic E-state index is 12.2. The molecule has 0 saturated carbocycles. The van der Waals surface area contributed by atoms with Crippen molar-refractivity contribution in [1.29, 1.82) is 0 Å². The van der Waals surface area contributed by atoms with E-state index in [1.807, 2.05) is 17.5 Å². The summed E-state index contributed by atoms with van der Waals surface area (Å²) in [6.45, 7) is 1.91. The number of esters is 1. The first-order valence-electron chi connectivity index (χ1n) is 8.70. The average Bonchev–Trinajstić information content (AvgIpc) is 3.23. The van der Waals surface area contributed by atoms with E-state index in [4.69, 9.17) is 4.74 Å². The molecule has 9 nitrogen and oxygen atoms in total. The number of nitrogens with zero attached hydrogens (tertiary/aromatic N) is 4. The van der Waals surface area contributed by atoms with Crippen LogP contribution in [-0.2, 0) is 25.7 Å². The second-order valence-corrected chi connectivity index (χ2v) is 6.86. The smallest absolute Gasteiger partial charge is 0.326 e. The molecule has 1 N–H and O–H groups in total. The third-order valence-corrected chi connectivity index (χ3v) is 4.60. The minimum absolute atomic E-state index is 0.0873. The van der Waals surface area contributed by atoms with Crippen LogP contribution in [0.5, 0.6) is 0 Å². The first-order chi connectivity index (χ1) is 13.5. The summed E-state index contributed by atoms with van der Waals surface area (Å²) in [5.41, 5.74) is 0. The quantitative estimate of drug-likeness (QED) is 0.580. The van der Waals surface area contributed by atoms with E-state index < -0.39 is 18.5 Å². The number of carbonyl (C=O) groups is 3. The Morgan fingerprint density at radius 2 is 1.93 bits per heavy atom.